The largest absolute Gasteiger partial charge is 0.507 e. The highest BCUT2D eigenvalue weighted by atomic mass is 16.5. The van der Waals surface area contributed by atoms with Crippen molar-refractivity contribution in [2.45, 2.75) is 46.8 Å². The topological polar surface area (TPSA) is 80.0 Å². The first kappa shape index (κ1) is 22.4. The Kier molecular flexibility index (Phi) is 5.85. The Balaban J connectivity index is 1.91. The molecule has 2 aromatic carbocycles. The maximum Gasteiger partial charge on any atom is 0.300 e. The molecule has 6 nitrogen and oxygen atoms in total. The Hall–Kier alpha value is -3.80. The molecule has 0 saturated carbocycles. The molecule has 2 heterocycles. The molecule has 170 valence electrons. The second-order valence-electron chi connectivity index (χ2n) is 8.66. The van der Waals surface area contributed by atoms with Crippen molar-refractivity contribution in [3.8, 4) is 5.75 Å². The molecule has 1 fully saturated rings. The molecule has 1 aromatic heterocycles. The molecule has 33 heavy (non-hydrogen) atoms. The zero-order valence-electron chi connectivity index (χ0n) is 19.4. The highest BCUT2D eigenvalue weighted by Gasteiger charge is 2.48. The van der Waals surface area contributed by atoms with E-state index in [1.54, 1.807) is 43.3 Å². The van der Waals surface area contributed by atoms with Crippen LogP contribution < -0.4 is 9.64 Å². The molecule has 4 rings (SSSR count). The summed E-state index contributed by atoms with van der Waals surface area (Å²) in [7, 11) is 0. The van der Waals surface area contributed by atoms with Crippen molar-refractivity contribution < 1.29 is 23.8 Å². The number of benzene rings is 2. The molecule has 0 radical (unpaired) electrons. The third kappa shape index (κ3) is 4.29. The molecule has 1 atom stereocenters. The quantitative estimate of drug-likeness (QED) is 0.313. The highest BCUT2D eigenvalue weighted by molar-refractivity contribution is 6.51. The molecule has 1 N–H and O–H groups in total. The van der Waals surface area contributed by atoms with Gasteiger partial charge < -0.3 is 14.3 Å². The molecule has 1 aliphatic rings. The number of rotatable bonds is 5. The van der Waals surface area contributed by atoms with Crippen LogP contribution in [0.4, 0.5) is 5.69 Å². The number of nitrogens with zero attached hydrogens (tertiary/aromatic N) is 1. The van der Waals surface area contributed by atoms with Gasteiger partial charge in [0.2, 0.25) is 0 Å². The summed E-state index contributed by atoms with van der Waals surface area (Å²) < 4.78 is 11.6. The molecule has 1 saturated heterocycles. The fourth-order valence-corrected chi connectivity index (χ4v) is 4.20. The number of aliphatic hydroxyl groups excluding tert-OH is 1. The van der Waals surface area contributed by atoms with E-state index in [4.69, 9.17) is 9.15 Å². The van der Waals surface area contributed by atoms with Crippen molar-refractivity contribution in [1.82, 2.24) is 0 Å². The van der Waals surface area contributed by atoms with Gasteiger partial charge in [-0.1, -0.05) is 18.2 Å². The average Bonchev–Trinajstić information content (AvgIpc) is 3.27. The summed E-state index contributed by atoms with van der Waals surface area (Å²) in [6, 6.07) is 15.1. The number of carbonyl (C=O) groups is 2. The number of Topliss-reactive ketones (excluding diaryl/α,β-unsaturated/α-hetero) is 1. The molecule has 1 amide bonds. The first-order valence-corrected chi connectivity index (χ1v) is 10.9. The van der Waals surface area contributed by atoms with E-state index in [2.05, 4.69) is 0 Å². The number of carbonyl (C=O) groups excluding carboxylic acids is 2. The SMILES string of the molecule is Cc1cc(C)cc(N2C(=O)C(=O)/C(=C(\O)c3cccc(OC(C)C)c3)C2c2ccc(C)o2)c1. The van der Waals surface area contributed by atoms with Crippen LogP contribution in [0.5, 0.6) is 5.75 Å². The van der Waals surface area contributed by atoms with Gasteiger partial charge >= 0.3 is 0 Å². The van der Waals surface area contributed by atoms with E-state index < -0.39 is 17.7 Å². The summed E-state index contributed by atoms with van der Waals surface area (Å²) in [5.74, 6) is -0.141. The van der Waals surface area contributed by atoms with E-state index in [0.717, 1.165) is 11.1 Å². The van der Waals surface area contributed by atoms with Crippen LogP contribution >= 0.6 is 0 Å². The van der Waals surface area contributed by atoms with Crippen molar-refractivity contribution in [3.05, 3.63) is 88.4 Å². The van der Waals surface area contributed by atoms with Crippen LogP contribution in [0.3, 0.4) is 0 Å². The molecule has 0 spiro atoms. The van der Waals surface area contributed by atoms with E-state index in [0.29, 0.717) is 28.5 Å². The minimum Gasteiger partial charge on any atom is -0.507 e. The van der Waals surface area contributed by atoms with Gasteiger partial charge in [0.05, 0.1) is 11.7 Å². The summed E-state index contributed by atoms with van der Waals surface area (Å²) in [6.07, 6.45) is -0.0522. The number of aliphatic hydroxyl groups is 1. The molecule has 1 aliphatic heterocycles. The average molecular weight is 446 g/mol. The van der Waals surface area contributed by atoms with Crippen LogP contribution in [0, 0.1) is 20.8 Å². The Labute approximate surface area is 193 Å². The predicted octanol–water partition coefficient (Wildman–Crippen LogP) is 5.62. The van der Waals surface area contributed by atoms with Crippen LogP contribution in [0.15, 0.2) is 64.6 Å². The van der Waals surface area contributed by atoms with Crippen LogP contribution in [0.2, 0.25) is 0 Å². The maximum atomic E-state index is 13.2. The molecule has 6 heteroatoms. The van der Waals surface area contributed by atoms with Crippen molar-refractivity contribution in [2.24, 2.45) is 0 Å². The summed E-state index contributed by atoms with van der Waals surface area (Å²) >= 11 is 0. The number of ether oxygens (including phenoxy) is 1. The smallest absolute Gasteiger partial charge is 0.300 e. The number of hydrogen-bond donors (Lipinski definition) is 1. The van der Waals surface area contributed by atoms with Gasteiger partial charge in [-0.25, -0.2) is 0 Å². The summed E-state index contributed by atoms with van der Waals surface area (Å²) in [5.41, 5.74) is 2.86. The van der Waals surface area contributed by atoms with E-state index in [9.17, 15) is 14.7 Å². The first-order valence-electron chi connectivity index (χ1n) is 10.9. The number of anilines is 1. The van der Waals surface area contributed by atoms with E-state index in [-0.39, 0.29) is 17.4 Å². The lowest BCUT2D eigenvalue weighted by Crippen LogP contribution is -2.29. The summed E-state index contributed by atoms with van der Waals surface area (Å²) in [5, 5.41) is 11.3. The molecule has 3 aromatic rings. The van der Waals surface area contributed by atoms with E-state index in [1.165, 1.54) is 4.90 Å². The van der Waals surface area contributed by atoms with Crippen molar-refractivity contribution in [1.29, 1.82) is 0 Å². The van der Waals surface area contributed by atoms with Crippen LogP contribution in [0.25, 0.3) is 5.76 Å². The monoisotopic (exact) mass is 445 g/mol. The fraction of sp³-hybridized carbons (Fsp3) is 0.259. The molecule has 0 aliphatic carbocycles. The minimum atomic E-state index is -0.894. The molecule has 1 unspecified atom stereocenters. The minimum absolute atomic E-state index is 0.0183. The third-order valence-electron chi connectivity index (χ3n) is 5.44. The first-order chi connectivity index (χ1) is 15.7. The zero-order valence-corrected chi connectivity index (χ0v) is 19.4. The lowest BCUT2D eigenvalue weighted by atomic mass is 9.99. The van der Waals surface area contributed by atoms with E-state index in [1.807, 2.05) is 45.9 Å². The molecular formula is C27H27NO5. The Morgan fingerprint density at radius 3 is 2.30 bits per heavy atom. The molecule has 0 bridgehead atoms. The Morgan fingerprint density at radius 1 is 1.00 bits per heavy atom. The van der Waals surface area contributed by atoms with Crippen LogP contribution in [-0.4, -0.2) is 22.9 Å². The summed E-state index contributed by atoms with van der Waals surface area (Å²) in [4.78, 5) is 27.9. The maximum absolute atomic E-state index is 13.2. The van der Waals surface area contributed by atoms with Gasteiger partial charge in [0.25, 0.3) is 11.7 Å². The number of aryl methyl sites for hydroxylation is 3. The second kappa shape index (κ2) is 8.62. The lowest BCUT2D eigenvalue weighted by Gasteiger charge is -2.24. The number of furan rings is 1. The third-order valence-corrected chi connectivity index (χ3v) is 5.44. The lowest BCUT2D eigenvalue weighted by molar-refractivity contribution is -0.132. The van der Waals surface area contributed by atoms with Gasteiger partial charge in [0, 0.05) is 11.3 Å². The van der Waals surface area contributed by atoms with Crippen molar-refractivity contribution in [2.75, 3.05) is 4.90 Å². The Morgan fingerprint density at radius 2 is 1.70 bits per heavy atom. The van der Waals surface area contributed by atoms with Gasteiger partial charge in [-0.15, -0.1) is 0 Å². The van der Waals surface area contributed by atoms with Gasteiger partial charge in [-0.2, -0.15) is 0 Å². The zero-order chi connectivity index (χ0) is 23.9. The van der Waals surface area contributed by atoms with E-state index >= 15 is 0 Å². The second-order valence-corrected chi connectivity index (χ2v) is 8.66. The fourth-order valence-electron chi connectivity index (χ4n) is 4.20. The highest BCUT2D eigenvalue weighted by Crippen LogP contribution is 2.43. The Bertz CT molecular complexity index is 1250. The van der Waals surface area contributed by atoms with Crippen molar-refractivity contribution >= 4 is 23.1 Å². The van der Waals surface area contributed by atoms with Crippen molar-refractivity contribution in [3.63, 3.8) is 0 Å². The van der Waals surface area contributed by atoms with Crippen LogP contribution in [-0.2, 0) is 9.59 Å². The number of ketones is 1. The van der Waals surface area contributed by atoms with Gasteiger partial charge in [-0.3, -0.25) is 14.5 Å². The molecular weight excluding hydrogens is 418 g/mol. The number of amides is 1. The normalized spacial score (nSPS) is 17.8. The number of hydrogen-bond acceptors (Lipinski definition) is 5. The van der Waals surface area contributed by atoms with Gasteiger partial charge in [-0.05, 0) is 82.1 Å². The standard InChI is InChI=1S/C27H27NO5/c1-15(2)32-21-8-6-7-19(14-21)25(29)23-24(22-10-9-18(5)33-22)28(27(31)26(23)30)20-12-16(3)11-17(4)13-20/h6-15,24,29H,1-5H3/b25-23-. The van der Waals surface area contributed by atoms with Crippen LogP contribution in [0.1, 0.15) is 48.1 Å². The van der Waals surface area contributed by atoms with Gasteiger partial charge in [0.1, 0.15) is 29.1 Å². The predicted molar refractivity (Wildman–Crippen MR) is 126 cm³/mol. The van der Waals surface area contributed by atoms with Gasteiger partial charge in [0.15, 0.2) is 0 Å². The summed E-state index contributed by atoms with van der Waals surface area (Å²) in [6.45, 7) is 9.46.